The van der Waals surface area contributed by atoms with Crippen LogP contribution in [0.25, 0.3) is 0 Å². The van der Waals surface area contributed by atoms with Crippen molar-refractivity contribution in [1.82, 2.24) is 4.90 Å². The second kappa shape index (κ2) is 6.35. The average molecular weight is 370 g/mol. The molecule has 9 nitrogen and oxygen atoms in total. The highest BCUT2D eigenvalue weighted by molar-refractivity contribution is 8.16. The van der Waals surface area contributed by atoms with Crippen molar-refractivity contribution >= 4 is 34.7 Å². The Morgan fingerprint density at radius 1 is 1.44 bits per heavy atom. The average Bonchev–Trinajstić information content (AvgIpc) is 3.07. The van der Waals surface area contributed by atoms with Gasteiger partial charge in [0, 0.05) is 5.92 Å². The molecular formula is C15H22N4O5S. The number of hydrogen-bond donors (Lipinski definition) is 3. The molecule has 0 radical (unpaired) electrons. The van der Waals surface area contributed by atoms with Gasteiger partial charge in [0.1, 0.15) is 12.1 Å². The smallest absolute Gasteiger partial charge is 0.290 e. The van der Waals surface area contributed by atoms with Gasteiger partial charge in [-0.05, 0) is 38.5 Å². The molecule has 0 bridgehead atoms. The SMILES string of the molecule is CC[C@H](O)[C@@H]1C[C@@H](C(C)(C)O)[C@H](N2C(=O)SC3C(=O)N=C(N)N=C32)O1. The maximum atomic E-state index is 12.5. The molecule has 2 saturated heterocycles. The number of rotatable bonds is 4. The maximum absolute atomic E-state index is 12.5. The van der Waals surface area contributed by atoms with Crippen molar-refractivity contribution in [2.45, 2.75) is 62.9 Å². The first-order chi connectivity index (χ1) is 11.6. The summed E-state index contributed by atoms with van der Waals surface area (Å²) >= 11 is 0.803. The molecule has 5 atom stereocenters. The third-order valence-corrected chi connectivity index (χ3v) is 5.78. The third-order valence-electron chi connectivity index (χ3n) is 4.73. The van der Waals surface area contributed by atoms with E-state index in [1.807, 2.05) is 6.92 Å². The molecule has 0 spiro atoms. The fourth-order valence-corrected chi connectivity index (χ4v) is 4.27. The number of carbonyl (C=O) groups is 2. The molecule has 0 aromatic rings. The summed E-state index contributed by atoms with van der Waals surface area (Å²) in [6.07, 6.45) is -1.20. The van der Waals surface area contributed by atoms with Gasteiger partial charge in [-0.25, -0.2) is 0 Å². The van der Waals surface area contributed by atoms with Crippen molar-refractivity contribution in [3.63, 3.8) is 0 Å². The van der Waals surface area contributed by atoms with Crippen LogP contribution in [0.1, 0.15) is 33.6 Å². The molecule has 2 amide bonds. The van der Waals surface area contributed by atoms with Crippen molar-refractivity contribution in [3.8, 4) is 0 Å². The van der Waals surface area contributed by atoms with E-state index in [1.54, 1.807) is 13.8 Å². The Labute approximate surface area is 149 Å². The molecule has 3 rings (SSSR count). The largest absolute Gasteiger partial charge is 0.390 e. The summed E-state index contributed by atoms with van der Waals surface area (Å²) in [4.78, 5) is 33.5. The Morgan fingerprint density at radius 2 is 2.12 bits per heavy atom. The highest BCUT2D eigenvalue weighted by Gasteiger charge is 2.55. The number of hydrogen-bond acceptors (Lipinski definition) is 8. The molecule has 1 unspecified atom stereocenters. The van der Waals surface area contributed by atoms with Gasteiger partial charge in [-0.1, -0.05) is 6.92 Å². The first kappa shape index (κ1) is 18.3. The van der Waals surface area contributed by atoms with Crippen molar-refractivity contribution in [3.05, 3.63) is 0 Å². The van der Waals surface area contributed by atoms with Gasteiger partial charge in [-0.3, -0.25) is 14.5 Å². The highest BCUT2D eigenvalue weighted by Crippen LogP contribution is 2.42. The number of nitrogens with zero attached hydrogens (tertiary/aromatic N) is 3. The van der Waals surface area contributed by atoms with E-state index in [4.69, 9.17) is 10.5 Å². The second-order valence-corrected chi connectivity index (χ2v) is 8.00. The number of ether oxygens (including phenoxy) is 1. The lowest BCUT2D eigenvalue weighted by molar-refractivity contribution is -0.116. The van der Waals surface area contributed by atoms with E-state index in [2.05, 4.69) is 9.98 Å². The number of thioether (sulfide) groups is 1. The molecule has 25 heavy (non-hydrogen) atoms. The Morgan fingerprint density at radius 3 is 2.72 bits per heavy atom. The van der Waals surface area contributed by atoms with Crippen molar-refractivity contribution < 1.29 is 24.5 Å². The van der Waals surface area contributed by atoms with E-state index in [-0.39, 0.29) is 11.8 Å². The number of fused-ring (bicyclic) bond motifs is 1. The number of aliphatic imine (C=N–C) groups is 2. The molecule has 3 aliphatic rings. The minimum absolute atomic E-state index is 0.179. The monoisotopic (exact) mass is 370 g/mol. The van der Waals surface area contributed by atoms with Gasteiger partial charge >= 0.3 is 0 Å². The summed E-state index contributed by atoms with van der Waals surface area (Å²) in [5, 5.41) is 19.4. The number of aliphatic hydroxyl groups is 2. The van der Waals surface area contributed by atoms with Gasteiger partial charge in [0.25, 0.3) is 11.1 Å². The normalized spacial score (nSPS) is 34.0. The summed E-state index contributed by atoms with van der Waals surface area (Å²) in [6, 6.07) is 0. The van der Waals surface area contributed by atoms with Crippen molar-refractivity contribution in [2.75, 3.05) is 0 Å². The number of guanidine groups is 1. The van der Waals surface area contributed by atoms with Crippen LogP contribution in [0, 0.1) is 5.92 Å². The number of amides is 2. The highest BCUT2D eigenvalue weighted by atomic mass is 32.2. The van der Waals surface area contributed by atoms with Gasteiger partial charge in [-0.15, -0.1) is 0 Å². The van der Waals surface area contributed by atoms with Gasteiger partial charge in [-0.2, -0.15) is 9.98 Å². The standard InChI is InChI=1S/C15H22N4O5S/c1-4-7(20)8-5-6(15(2,3)23)12(24-8)19-10-9(25-14(19)22)11(21)18-13(16)17-10/h6-9,12,20,23H,4-5H2,1-3H3,(H2,16,18,21)/t6-,7+,8+,9?,12-/m1/s1. The molecule has 0 aromatic carbocycles. The van der Waals surface area contributed by atoms with Crippen LogP contribution in [0.15, 0.2) is 9.98 Å². The van der Waals surface area contributed by atoms with Crippen LogP contribution >= 0.6 is 11.8 Å². The molecule has 0 saturated carbocycles. The van der Waals surface area contributed by atoms with Gasteiger partial charge in [0.15, 0.2) is 5.25 Å². The molecule has 138 valence electrons. The number of amidine groups is 1. The lowest BCUT2D eigenvalue weighted by atomic mass is 9.85. The van der Waals surface area contributed by atoms with Crippen molar-refractivity contribution in [2.24, 2.45) is 21.6 Å². The fraction of sp³-hybridized carbons (Fsp3) is 0.733. The Hall–Kier alpha value is -1.49. The zero-order chi connectivity index (χ0) is 18.5. The van der Waals surface area contributed by atoms with Gasteiger partial charge in [0.05, 0.1) is 17.8 Å². The second-order valence-electron chi connectivity index (χ2n) is 6.95. The van der Waals surface area contributed by atoms with Crippen LogP contribution in [0.2, 0.25) is 0 Å². The molecule has 3 heterocycles. The van der Waals surface area contributed by atoms with E-state index in [1.165, 1.54) is 4.90 Å². The molecule has 2 fully saturated rings. The molecule has 10 heteroatoms. The zero-order valence-electron chi connectivity index (χ0n) is 14.2. The minimum Gasteiger partial charge on any atom is -0.390 e. The van der Waals surface area contributed by atoms with Crippen LogP contribution in [-0.4, -0.2) is 67.3 Å². The maximum Gasteiger partial charge on any atom is 0.290 e. The zero-order valence-corrected chi connectivity index (χ0v) is 15.1. The van der Waals surface area contributed by atoms with Crippen LogP contribution in [0.5, 0.6) is 0 Å². The Kier molecular flexibility index (Phi) is 4.65. The summed E-state index contributed by atoms with van der Waals surface area (Å²) < 4.78 is 5.94. The van der Waals surface area contributed by atoms with E-state index >= 15 is 0 Å². The topological polar surface area (TPSA) is 138 Å². The Balaban J connectivity index is 1.96. The van der Waals surface area contributed by atoms with Crippen LogP contribution in [0.4, 0.5) is 4.79 Å². The van der Waals surface area contributed by atoms with E-state index in [0.29, 0.717) is 12.8 Å². The molecule has 0 aliphatic carbocycles. The van der Waals surface area contributed by atoms with Crippen LogP contribution in [-0.2, 0) is 9.53 Å². The minimum atomic E-state index is -1.16. The van der Waals surface area contributed by atoms with E-state index in [9.17, 15) is 19.8 Å². The summed E-state index contributed by atoms with van der Waals surface area (Å²) in [5.41, 5.74) is 4.41. The van der Waals surface area contributed by atoms with Gasteiger partial charge < -0.3 is 20.7 Å². The molecular weight excluding hydrogens is 348 g/mol. The number of nitrogens with two attached hydrogens (primary N) is 1. The lowest BCUT2D eigenvalue weighted by Crippen LogP contribution is -2.51. The first-order valence-corrected chi connectivity index (χ1v) is 9.03. The van der Waals surface area contributed by atoms with Crippen LogP contribution < -0.4 is 5.73 Å². The fourth-order valence-electron chi connectivity index (χ4n) is 3.34. The molecule has 3 aliphatic heterocycles. The van der Waals surface area contributed by atoms with Gasteiger partial charge in [0.2, 0.25) is 5.96 Å². The quantitative estimate of drug-likeness (QED) is 0.635. The van der Waals surface area contributed by atoms with E-state index < -0.39 is 46.4 Å². The summed E-state index contributed by atoms with van der Waals surface area (Å²) in [6.45, 7) is 5.08. The lowest BCUT2D eigenvalue weighted by Gasteiger charge is -2.34. The van der Waals surface area contributed by atoms with Crippen LogP contribution in [0.3, 0.4) is 0 Å². The summed E-state index contributed by atoms with van der Waals surface area (Å²) in [5.74, 6) is -1.02. The predicted molar refractivity (Wildman–Crippen MR) is 92.0 cm³/mol. The van der Waals surface area contributed by atoms with Crippen molar-refractivity contribution in [1.29, 1.82) is 0 Å². The third kappa shape index (κ3) is 3.19. The number of aliphatic hydroxyl groups excluding tert-OH is 1. The Bertz CT molecular complexity index is 659. The first-order valence-electron chi connectivity index (χ1n) is 8.15. The molecule has 0 aromatic heterocycles. The summed E-state index contributed by atoms with van der Waals surface area (Å²) in [7, 11) is 0. The number of carbonyl (C=O) groups excluding carboxylic acids is 2. The van der Waals surface area contributed by atoms with E-state index in [0.717, 1.165) is 11.8 Å². The predicted octanol–water partition coefficient (Wildman–Crippen LogP) is 0.0502. The molecule has 4 N–H and O–H groups in total.